The van der Waals surface area contributed by atoms with Gasteiger partial charge in [0.25, 0.3) is 0 Å². The maximum absolute atomic E-state index is 13.5. The van der Waals surface area contributed by atoms with Gasteiger partial charge in [0.1, 0.15) is 5.82 Å². The Hall–Kier alpha value is -2.17. The van der Waals surface area contributed by atoms with Gasteiger partial charge in [0.05, 0.1) is 5.41 Å². The van der Waals surface area contributed by atoms with Gasteiger partial charge in [-0.15, -0.1) is 0 Å². The molecule has 2 heterocycles. The Morgan fingerprint density at radius 2 is 1.89 bits per heavy atom. The zero-order chi connectivity index (χ0) is 18.1. The van der Waals surface area contributed by atoms with Crippen molar-refractivity contribution in [3.05, 3.63) is 47.5 Å². The fourth-order valence-electron chi connectivity index (χ4n) is 5.42. The number of carbonyl (C=O) groups excluding carboxylic acids is 1. The van der Waals surface area contributed by atoms with Crippen LogP contribution in [-0.2, 0) is 10.2 Å². The largest absolute Gasteiger partial charge is 0.341 e. The smallest absolute Gasteiger partial charge is 0.233 e. The lowest BCUT2D eigenvalue weighted by Gasteiger charge is -2.42. The molecule has 1 unspecified atom stereocenters. The van der Waals surface area contributed by atoms with Crippen molar-refractivity contribution in [2.24, 2.45) is 5.41 Å². The van der Waals surface area contributed by atoms with E-state index >= 15 is 0 Å². The minimum absolute atomic E-state index is 0.225. The molecule has 5 nitrogen and oxygen atoms in total. The highest BCUT2D eigenvalue weighted by Gasteiger charge is 2.59. The number of amides is 1. The number of carbonyl (C=O) groups is 1. The molecule has 3 aliphatic carbocycles. The van der Waals surface area contributed by atoms with Crippen molar-refractivity contribution >= 4 is 5.91 Å². The first kappa shape index (κ1) is 15.8. The average Bonchev–Trinajstić information content (AvgIpc) is 3.59. The van der Waals surface area contributed by atoms with Gasteiger partial charge in [-0.3, -0.25) is 9.89 Å². The van der Waals surface area contributed by atoms with Gasteiger partial charge in [-0.1, -0.05) is 36.8 Å². The van der Waals surface area contributed by atoms with E-state index in [1.807, 2.05) is 6.07 Å². The molecular weight excluding hydrogens is 336 g/mol. The molecule has 140 valence electrons. The Labute approximate surface area is 159 Å². The first-order valence-corrected chi connectivity index (χ1v) is 10.5. The van der Waals surface area contributed by atoms with Gasteiger partial charge in [0, 0.05) is 24.9 Å². The summed E-state index contributed by atoms with van der Waals surface area (Å²) in [6.07, 6.45) is 8.09. The van der Waals surface area contributed by atoms with Crippen LogP contribution in [0, 0.1) is 5.41 Å². The van der Waals surface area contributed by atoms with Crippen LogP contribution >= 0.6 is 0 Å². The molecule has 1 N–H and O–H groups in total. The van der Waals surface area contributed by atoms with E-state index < -0.39 is 0 Å². The summed E-state index contributed by atoms with van der Waals surface area (Å²) in [6, 6.07) is 10.4. The predicted octanol–water partition coefficient (Wildman–Crippen LogP) is 3.51. The molecule has 4 fully saturated rings. The number of likely N-dealkylation sites (tertiary alicyclic amines) is 1. The number of nitrogens with zero attached hydrogens (tertiary/aromatic N) is 3. The van der Waals surface area contributed by atoms with Gasteiger partial charge >= 0.3 is 0 Å². The first-order valence-electron chi connectivity index (χ1n) is 10.5. The second-order valence-corrected chi connectivity index (χ2v) is 9.26. The molecule has 1 atom stereocenters. The number of nitrogens with one attached hydrogen (secondary N) is 1. The number of H-pyrrole nitrogens is 1. The first-order chi connectivity index (χ1) is 13.2. The van der Waals surface area contributed by atoms with Gasteiger partial charge in [-0.05, 0) is 49.5 Å². The maximum Gasteiger partial charge on any atom is 0.233 e. The minimum Gasteiger partial charge on any atom is -0.341 e. The molecule has 1 spiro atoms. The third-order valence-corrected chi connectivity index (χ3v) is 7.56. The number of hydrogen-bond acceptors (Lipinski definition) is 3. The Bertz CT molecular complexity index is 877. The van der Waals surface area contributed by atoms with Gasteiger partial charge in [0.2, 0.25) is 5.91 Å². The summed E-state index contributed by atoms with van der Waals surface area (Å²) in [4.78, 5) is 20.6. The normalized spacial score (nSPS) is 27.6. The standard InChI is InChI=1S/C22H26N4O/c27-20(22(11-12-22)16-5-2-1-3-6-16)26-13-17(21(14-26)9-4-10-21)19-23-18(24-25-19)15-7-8-15/h1-3,5-6,15,17H,4,7-14H2,(H,23,24,25). The van der Waals surface area contributed by atoms with Crippen molar-refractivity contribution in [2.45, 2.75) is 62.2 Å². The summed E-state index contributed by atoms with van der Waals surface area (Å²) in [6.45, 7) is 1.69. The molecule has 4 aliphatic rings. The molecule has 1 aromatic carbocycles. The summed E-state index contributed by atoms with van der Waals surface area (Å²) in [7, 11) is 0. The molecule has 0 bridgehead atoms. The van der Waals surface area contributed by atoms with Crippen LogP contribution in [-0.4, -0.2) is 39.1 Å². The van der Waals surface area contributed by atoms with Gasteiger partial charge in [-0.2, -0.15) is 5.10 Å². The Morgan fingerprint density at radius 3 is 2.52 bits per heavy atom. The zero-order valence-electron chi connectivity index (χ0n) is 15.7. The number of aromatic amines is 1. The fraction of sp³-hybridized carbons (Fsp3) is 0.591. The van der Waals surface area contributed by atoms with Gasteiger partial charge < -0.3 is 4.90 Å². The van der Waals surface area contributed by atoms with Crippen LogP contribution in [0.2, 0.25) is 0 Å². The second-order valence-electron chi connectivity index (χ2n) is 9.26. The number of hydrogen-bond donors (Lipinski definition) is 1. The molecular formula is C22H26N4O. The van der Waals surface area contributed by atoms with Crippen molar-refractivity contribution in [2.75, 3.05) is 13.1 Å². The molecule has 1 aromatic heterocycles. The molecule has 3 saturated carbocycles. The van der Waals surface area contributed by atoms with E-state index in [9.17, 15) is 4.79 Å². The van der Waals surface area contributed by atoms with Crippen LogP contribution < -0.4 is 0 Å². The monoisotopic (exact) mass is 362 g/mol. The highest BCUT2D eigenvalue weighted by Crippen LogP contribution is 2.57. The van der Waals surface area contributed by atoms with E-state index in [0.29, 0.717) is 17.7 Å². The molecule has 0 radical (unpaired) electrons. The summed E-state index contributed by atoms with van der Waals surface area (Å²) in [5.41, 5.74) is 1.15. The van der Waals surface area contributed by atoms with Crippen LogP contribution in [0.25, 0.3) is 0 Å². The third kappa shape index (κ3) is 2.33. The molecule has 6 rings (SSSR count). The lowest BCUT2D eigenvalue weighted by atomic mass is 9.62. The summed E-state index contributed by atoms with van der Waals surface area (Å²) >= 11 is 0. The van der Waals surface area contributed by atoms with Gasteiger partial charge in [-0.25, -0.2) is 4.98 Å². The van der Waals surface area contributed by atoms with E-state index in [1.54, 1.807) is 0 Å². The average molecular weight is 362 g/mol. The number of benzene rings is 1. The fourth-order valence-corrected chi connectivity index (χ4v) is 5.42. The summed E-state index contributed by atoms with van der Waals surface area (Å²) in [5.74, 6) is 3.24. The highest BCUT2D eigenvalue weighted by molar-refractivity contribution is 5.91. The zero-order valence-corrected chi connectivity index (χ0v) is 15.7. The molecule has 5 heteroatoms. The van der Waals surface area contributed by atoms with E-state index in [0.717, 1.165) is 37.6 Å². The number of aromatic nitrogens is 3. The molecule has 2 aromatic rings. The Balaban J connectivity index is 1.28. The van der Waals surface area contributed by atoms with Crippen LogP contribution in [0.3, 0.4) is 0 Å². The van der Waals surface area contributed by atoms with Crippen molar-refractivity contribution in [1.82, 2.24) is 20.1 Å². The maximum atomic E-state index is 13.5. The van der Waals surface area contributed by atoms with Crippen molar-refractivity contribution in [3.8, 4) is 0 Å². The Morgan fingerprint density at radius 1 is 1.11 bits per heavy atom. The quantitative estimate of drug-likeness (QED) is 0.905. The van der Waals surface area contributed by atoms with Crippen LogP contribution in [0.1, 0.15) is 74.0 Å². The van der Waals surface area contributed by atoms with Crippen molar-refractivity contribution in [3.63, 3.8) is 0 Å². The topological polar surface area (TPSA) is 61.9 Å². The SMILES string of the molecule is O=C(N1CC(c2nc(C3CC3)n[nH]2)C2(CCC2)C1)C1(c2ccccc2)CC1. The lowest BCUT2D eigenvalue weighted by Crippen LogP contribution is -2.41. The van der Waals surface area contributed by atoms with Crippen LogP contribution in [0.15, 0.2) is 30.3 Å². The third-order valence-electron chi connectivity index (χ3n) is 7.56. The van der Waals surface area contributed by atoms with Crippen molar-refractivity contribution in [1.29, 1.82) is 0 Å². The Kier molecular flexibility index (Phi) is 3.19. The van der Waals surface area contributed by atoms with Crippen molar-refractivity contribution < 1.29 is 4.79 Å². The minimum atomic E-state index is -0.262. The van der Waals surface area contributed by atoms with E-state index in [4.69, 9.17) is 4.98 Å². The van der Waals surface area contributed by atoms with E-state index in [2.05, 4.69) is 39.4 Å². The van der Waals surface area contributed by atoms with Crippen LogP contribution in [0.4, 0.5) is 0 Å². The molecule has 1 amide bonds. The molecule has 27 heavy (non-hydrogen) atoms. The summed E-state index contributed by atoms with van der Waals surface area (Å²) in [5, 5.41) is 7.72. The lowest BCUT2D eigenvalue weighted by molar-refractivity contribution is -0.133. The molecule has 1 aliphatic heterocycles. The predicted molar refractivity (Wildman–Crippen MR) is 101 cm³/mol. The number of rotatable bonds is 4. The second kappa shape index (κ2) is 5.43. The highest BCUT2D eigenvalue weighted by atomic mass is 16.2. The van der Waals surface area contributed by atoms with Crippen LogP contribution in [0.5, 0.6) is 0 Å². The van der Waals surface area contributed by atoms with E-state index in [-0.39, 0.29) is 10.8 Å². The van der Waals surface area contributed by atoms with E-state index in [1.165, 1.54) is 37.7 Å². The summed E-state index contributed by atoms with van der Waals surface area (Å²) < 4.78 is 0. The molecule has 1 saturated heterocycles. The van der Waals surface area contributed by atoms with Gasteiger partial charge in [0.15, 0.2) is 5.82 Å².